The third-order valence-corrected chi connectivity index (χ3v) is 5.59. The van der Waals surface area contributed by atoms with Crippen LogP contribution in [0.25, 0.3) is 5.57 Å². The summed E-state index contributed by atoms with van der Waals surface area (Å²) in [6, 6.07) is 6.59. The van der Waals surface area contributed by atoms with E-state index in [0.717, 1.165) is 29.6 Å². The van der Waals surface area contributed by atoms with Crippen molar-refractivity contribution >= 4 is 23.1 Å². The van der Waals surface area contributed by atoms with Crippen molar-refractivity contribution in [2.45, 2.75) is 43.1 Å². The molecule has 0 spiro atoms. The Kier molecular flexibility index (Phi) is 3.48. The Bertz CT molecular complexity index is 532. The Morgan fingerprint density at radius 2 is 2.05 bits per heavy atom. The molecule has 0 amide bonds. The topological polar surface area (TPSA) is 17.1 Å². The van der Waals surface area contributed by atoms with E-state index < -0.39 is 0 Å². The fourth-order valence-electron chi connectivity index (χ4n) is 3.06. The second-order valence-electron chi connectivity index (χ2n) is 5.20. The van der Waals surface area contributed by atoms with Crippen LogP contribution in [0.2, 0.25) is 0 Å². The minimum absolute atomic E-state index is 0.221. The standard InChI is InChI=1S/C16H17FOS/c1-2-14(18)16-13(9-12-7-8-15(16)19-12)10-3-5-11(17)6-4-10/h3-6,12,15H,2,7-9H2,1H3/t12?,15-/m1/s1. The van der Waals surface area contributed by atoms with Crippen molar-refractivity contribution < 1.29 is 9.18 Å². The number of fused-ring (bicyclic) bond motifs is 2. The average molecular weight is 276 g/mol. The maximum absolute atomic E-state index is 13.1. The van der Waals surface area contributed by atoms with E-state index in [4.69, 9.17) is 0 Å². The van der Waals surface area contributed by atoms with E-state index in [1.807, 2.05) is 30.8 Å². The van der Waals surface area contributed by atoms with Gasteiger partial charge in [-0.15, -0.1) is 11.8 Å². The largest absolute Gasteiger partial charge is 0.295 e. The molecule has 0 radical (unpaired) electrons. The van der Waals surface area contributed by atoms with Crippen LogP contribution >= 0.6 is 11.8 Å². The maximum atomic E-state index is 13.1. The number of halogens is 1. The summed E-state index contributed by atoms with van der Waals surface area (Å²) in [5.41, 5.74) is 3.20. The van der Waals surface area contributed by atoms with Crippen LogP contribution in [0.4, 0.5) is 4.39 Å². The van der Waals surface area contributed by atoms with Crippen molar-refractivity contribution in [3.8, 4) is 0 Å². The molecule has 1 aromatic rings. The SMILES string of the molecule is CCC(=O)C1=C(c2ccc(F)cc2)CC2CC[C@H]1S2. The van der Waals surface area contributed by atoms with Crippen LogP contribution in [-0.2, 0) is 4.79 Å². The molecule has 2 aliphatic rings. The number of ketones is 1. The normalized spacial score (nSPS) is 25.8. The highest BCUT2D eigenvalue weighted by Crippen LogP contribution is 2.49. The summed E-state index contributed by atoms with van der Waals surface area (Å²) in [5.74, 6) is 0.0399. The number of Topliss-reactive ketones (excluding diaryl/α,β-unsaturated/α-hetero) is 1. The number of allylic oxidation sites excluding steroid dienone is 1. The molecule has 2 heterocycles. The Hall–Kier alpha value is -1.09. The molecular weight excluding hydrogens is 259 g/mol. The summed E-state index contributed by atoms with van der Waals surface area (Å²) in [6.45, 7) is 1.92. The average Bonchev–Trinajstić information content (AvgIpc) is 2.80. The predicted molar refractivity (Wildman–Crippen MR) is 77.6 cm³/mol. The Morgan fingerprint density at radius 1 is 1.32 bits per heavy atom. The zero-order valence-corrected chi connectivity index (χ0v) is 11.8. The van der Waals surface area contributed by atoms with Crippen molar-refractivity contribution in [3.63, 3.8) is 0 Å². The monoisotopic (exact) mass is 276 g/mol. The molecular formula is C16H17FOS. The molecule has 1 saturated heterocycles. The third kappa shape index (κ3) is 2.36. The highest BCUT2D eigenvalue weighted by atomic mass is 32.2. The lowest BCUT2D eigenvalue weighted by atomic mass is 9.92. The Labute approximate surface area is 117 Å². The number of rotatable bonds is 3. The first-order valence-corrected chi connectivity index (χ1v) is 7.81. The van der Waals surface area contributed by atoms with Gasteiger partial charge in [0, 0.05) is 22.5 Å². The molecule has 3 rings (SSSR count). The van der Waals surface area contributed by atoms with Crippen LogP contribution < -0.4 is 0 Å². The van der Waals surface area contributed by atoms with E-state index in [9.17, 15) is 9.18 Å². The van der Waals surface area contributed by atoms with E-state index >= 15 is 0 Å². The van der Waals surface area contributed by atoms with Gasteiger partial charge in [0.2, 0.25) is 0 Å². The van der Waals surface area contributed by atoms with Crippen molar-refractivity contribution in [2.75, 3.05) is 0 Å². The van der Waals surface area contributed by atoms with Crippen LogP contribution in [0, 0.1) is 5.82 Å². The van der Waals surface area contributed by atoms with E-state index in [1.165, 1.54) is 18.6 Å². The van der Waals surface area contributed by atoms with Crippen molar-refractivity contribution in [1.82, 2.24) is 0 Å². The van der Waals surface area contributed by atoms with Gasteiger partial charge < -0.3 is 0 Å². The van der Waals surface area contributed by atoms with Crippen LogP contribution in [-0.4, -0.2) is 16.3 Å². The van der Waals surface area contributed by atoms with Crippen LogP contribution in [0.15, 0.2) is 29.8 Å². The second kappa shape index (κ2) is 5.12. The number of hydrogen-bond acceptors (Lipinski definition) is 2. The molecule has 1 unspecified atom stereocenters. The molecule has 1 nitrogen and oxygen atoms in total. The molecule has 2 aliphatic heterocycles. The summed E-state index contributed by atoms with van der Waals surface area (Å²) in [5, 5.41) is 1.00. The van der Waals surface area contributed by atoms with Gasteiger partial charge in [0.1, 0.15) is 5.82 Å². The van der Waals surface area contributed by atoms with Crippen LogP contribution in [0.3, 0.4) is 0 Å². The molecule has 0 aliphatic carbocycles. The lowest BCUT2D eigenvalue weighted by molar-refractivity contribution is -0.115. The summed E-state index contributed by atoms with van der Waals surface area (Å²) in [7, 11) is 0. The molecule has 0 N–H and O–H groups in total. The molecule has 19 heavy (non-hydrogen) atoms. The number of carbonyl (C=O) groups excluding carboxylic acids is 1. The van der Waals surface area contributed by atoms with Crippen molar-refractivity contribution in [3.05, 3.63) is 41.2 Å². The van der Waals surface area contributed by atoms with Gasteiger partial charge in [-0.25, -0.2) is 4.39 Å². The van der Waals surface area contributed by atoms with Gasteiger partial charge in [-0.2, -0.15) is 0 Å². The zero-order valence-electron chi connectivity index (χ0n) is 11.0. The van der Waals surface area contributed by atoms with Crippen LogP contribution in [0.5, 0.6) is 0 Å². The van der Waals surface area contributed by atoms with E-state index in [-0.39, 0.29) is 11.6 Å². The molecule has 0 saturated carbocycles. The minimum atomic E-state index is -0.221. The predicted octanol–water partition coefficient (Wildman–Crippen LogP) is 4.23. The summed E-state index contributed by atoms with van der Waals surface area (Å²) >= 11 is 1.95. The molecule has 2 bridgehead atoms. The van der Waals surface area contributed by atoms with Gasteiger partial charge in [-0.05, 0) is 42.5 Å². The molecule has 2 atom stereocenters. The molecule has 1 fully saturated rings. The quantitative estimate of drug-likeness (QED) is 0.822. The van der Waals surface area contributed by atoms with Gasteiger partial charge in [0.05, 0.1) is 0 Å². The maximum Gasteiger partial charge on any atom is 0.160 e. The van der Waals surface area contributed by atoms with Gasteiger partial charge in [0.15, 0.2) is 5.78 Å². The smallest absolute Gasteiger partial charge is 0.160 e. The fraction of sp³-hybridized carbons (Fsp3) is 0.438. The third-order valence-electron chi connectivity index (χ3n) is 4.00. The number of benzene rings is 1. The van der Waals surface area contributed by atoms with Crippen molar-refractivity contribution in [1.29, 1.82) is 0 Å². The first kappa shape index (κ1) is 12.9. The van der Waals surface area contributed by atoms with Gasteiger partial charge >= 0.3 is 0 Å². The lowest BCUT2D eigenvalue weighted by Gasteiger charge is -2.25. The number of carbonyl (C=O) groups is 1. The first-order chi connectivity index (χ1) is 9.19. The Balaban J connectivity index is 2.07. The summed E-state index contributed by atoms with van der Waals surface area (Å²) < 4.78 is 13.1. The summed E-state index contributed by atoms with van der Waals surface area (Å²) in [4.78, 5) is 12.3. The fourth-order valence-corrected chi connectivity index (χ4v) is 4.74. The van der Waals surface area contributed by atoms with Gasteiger partial charge in [-0.3, -0.25) is 4.79 Å². The Morgan fingerprint density at radius 3 is 2.74 bits per heavy atom. The second-order valence-corrected chi connectivity index (χ2v) is 6.71. The summed E-state index contributed by atoms with van der Waals surface area (Å²) in [6.07, 6.45) is 3.82. The first-order valence-electron chi connectivity index (χ1n) is 6.86. The number of hydrogen-bond donors (Lipinski definition) is 0. The highest BCUT2D eigenvalue weighted by molar-refractivity contribution is 8.01. The lowest BCUT2D eigenvalue weighted by Crippen LogP contribution is -2.19. The number of thioether (sulfide) groups is 1. The molecule has 1 aromatic carbocycles. The van der Waals surface area contributed by atoms with Gasteiger partial charge in [-0.1, -0.05) is 19.1 Å². The minimum Gasteiger partial charge on any atom is -0.295 e. The van der Waals surface area contributed by atoms with E-state index in [2.05, 4.69) is 0 Å². The van der Waals surface area contributed by atoms with E-state index in [0.29, 0.717) is 16.9 Å². The molecule has 100 valence electrons. The van der Waals surface area contributed by atoms with Gasteiger partial charge in [0.25, 0.3) is 0 Å². The highest BCUT2D eigenvalue weighted by Gasteiger charge is 2.37. The van der Waals surface area contributed by atoms with Crippen LogP contribution in [0.1, 0.15) is 38.2 Å². The molecule has 0 aromatic heterocycles. The van der Waals surface area contributed by atoms with E-state index in [1.54, 1.807) is 0 Å². The zero-order chi connectivity index (χ0) is 13.4. The van der Waals surface area contributed by atoms with Crippen molar-refractivity contribution in [2.24, 2.45) is 0 Å². The molecule has 3 heteroatoms.